The monoisotopic (exact) mass is 200 g/mol. The normalized spacial score (nSPS) is 29.6. The van der Waals surface area contributed by atoms with Gasteiger partial charge in [0.05, 0.1) is 6.10 Å². The number of aliphatic hydroxyl groups is 1. The molecule has 1 saturated heterocycles. The number of nitrogens with zero attached hydrogens (tertiary/aromatic N) is 1. The minimum Gasteiger partial charge on any atom is -0.392 e. The average Bonchev–Trinajstić information content (AvgIpc) is 2.41. The third-order valence-electron chi connectivity index (χ3n) is 3.41. The van der Waals surface area contributed by atoms with Crippen LogP contribution >= 0.6 is 0 Å². The lowest BCUT2D eigenvalue weighted by Crippen LogP contribution is -2.43. The van der Waals surface area contributed by atoms with Gasteiger partial charge in [0.25, 0.3) is 0 Å². The van der Waals surface area contributed by atoms with E-state index in [1.165, 1.54) is 19.3 Å². The fourth-order valence-corrected chi connectivity index (χ4v) is 2.13. The van der Waals surface area contributed by atoms with E-state index in [2.05, 4.69) is 11.8 Å². The van der Waals surface area contributed by atoms with E-state index in [1.54, 1.807) is 0 Å². The maximum atomic E-state index is 9.55. The van der Waals surface area contributed by atoms with Gasteiger partial charge in [-0.3, -0.25) is 4.90 Å². The maximum absolute atomic E-state index is 9.55. The van der Waals surface area contributed by atoms with Gasteiger partial charge < -0.3 is 10.8 Å². The molecule has 0 radical (unpaired) electrons. The molecular weight excluding hydrogens is 176 g/mol. The smallest absolute Gasteiger partial charge is 0.0664 e. The summed E-state index contributed by atoms with van der Waals surface area (Å²) in [6.45, 7) is 6.92. The molecule has 1 aliphatic heterocycles. The molecule has 0 spiro atoms. The van der Waals surface area contributed by atoms with E-state index < -0.39 is 0 Å². The van der Waals surface area contributed by atoms with Crippen LogP contribution in [-0.4, -0.2) is 41.8 Å². The quantitative estimate of drug-likeness (QED) is 0.709. The summed E-state index contributed by atoms with van der Waals surface area (Å²) in [4.78, 5) is 2.38. The number of aliphatic hydroxyl groups excluding tert-OH is 1. The number of rotatable bonds is 3. The third kappa shape index (κ3) is 3.23. The second-order valence-electron chi connectivity index (χ2n) is 4.57. The van der Waals surface area contributed by atoms with Crippen LogP contribution in [0.25, 0.3) is 0 Å². The molecule has 1 rings (SSSR count). The van der Waals surface area contributed by atoms with Gasteiger partial charge in [0.1, 0.15) is 0 Å². The van der Waals surface area contributed by atoms with E-state index in [-0.39, 0.29) is 12.1 Å². The second-order valence-corrected chi connectivity index (χ2v) is 4.57. The third-order valence-corrected chi connectivity index (χ3v) is 3.41. The summed E-state index contributed by atoms with van der Waals surface area (Å²) >= 11 is 0. The van der Waals surface area contributed by atoms with Crippen LogP contribution in [-0.2, 0) is 0 Å². The Labute approximate surface area is 87.3 Å². The van der Waals surface area contributed by atoms with Crippen molar-refractivity contribution in [3.8, 4) is 0 Å². The molecule has 0 saturated carbocycles. The molecule has 1 aliphatic rings. The van der Waals surface area contributed by atoms with Crippen LogP contribution in [0.2, 0.25) is 0 Å². The van der Waals surface area contributed by atoms with Crippen molar-refractivity contribution in [1.82, 2.24) is 4.90 Å². The second kappa shape index (κ2) is 5.69. The molecule has 0 aromatic rings. The summed E-state index contributed by atoms with van der Waals surface area (Å²) in [6, 6.07) is 0.266. The average molecular weight is 200 g/mol. The SMILES string of the molecule is CC(O)C(C)N1CCCCC(CN)C1. The molecule has 0 bridgehead atoms. The lowest BCUT2D eigenvalue weighted by Gasteiger charge is -2.31. The molecule has 3 heteroatoms. The highest BCUT2D eigenvalue weighted by Gasteiger charge is 2.23. The highest BCUT2D eigenvalue weighted by molar-refractivity contribution is 4.78. The summed E-state index contributed by atoms with van der Waals surface area (Å²) < 4.78 is 0. The van der Waals surface area contributed by atoms with Gasteiger partial charge in [0.15, 0.2) is 0 Å². The molecule has 0 aliphatic carbocycles. The zero-order valence-electron chi connectivity index (χ0n) is 9.45. The maximum Gasteiger partial charge on any atom is 0.0664 e. The minimum absolute atomic E-state index is 0.244. The highest BCUT2D eigenvalue weighted by Crippen LogP contribution is 2.18. The summed E-state index contributed by atoms with van der Waals surface area (Å²) in [5.74, 6) is 0.624. The minimum atomic E-state index is -0.244. The first-order chi connectivity index (χ1) is 6.65. The Bertz CT molecular complexity index is 161. The van der Waals surface area contributed by atoms with E-state index in [1.807, 2.05) is 6.92 Å². The van der Waals surface area contributed by atoms with Crippen LogP contribution in [0.5, 0.6) is 0 Å². The molecule has 3 atom stereocenters. The van der Waals surface area contributed by atoms with Crippen molar-refractivity contribution in [3.05, 3.63) is 0 Å². The summed E-state index contributed by atoms with van der Waals surface area (Å²) in [5, 5.41) is 9.55. The topological polar surface area (TPSA) is 49.5 Å². The first-order valence-corrected chi connectivity index (χ1v) is 5.77. The number of hydrogen-bond acceptors (Lipinski definition) is 3. The fourth-order valence-electron chi connectivity index (χ4n) is 2.13. The predicted octanol–water partition coefficient (Wildman–Crippen LogP) is 0.816. The van der Waals surface area contributed by atoms with E-state index in [0.29, 0.717) is 5.92 Å². The Kier molecular flexibility index (Phi) is 4.85. The molecule has 3 nitrogen and oxygen atoms in total. The van der Waals surface area contributed by atoms with Crippen LogP contribution in [0.3, 0.4) is 0 Å². The Balaban J connectivity index is 2.49. The van der Waals surface area contributed by atoms with Gasteiger partial charge in [0.2, 0.25) is 0 Å². The molecular formula is C11H24N2O. The summed E-state index contributed by atoms with van der Waals surface area (Å²) in [6.07, 6.45) is 3.53. The van der Waals surface area contributed by atoms with E-state index in [4.69, 9.17) is 5.73 Å². The van der Waals surface area contributed by atoms with Crippen molar-refractivity contribution in [3.63, 3.8) is 0 Å². The lowest BCUT2D eigenvalue weighted by molar-refractivity contribution is 0.0659. The summed E-state index contributed by atoms with van der Waals surface area (Å²) in [5.41, 5.74) is 5.72. The number of nitrogens with two attached hydrogens (primary N) is 1. The van der Waals surface area contributed by atoms with Crippen LogP contribution in [0.4, 0.5) is 0 Å². The van der Waals surface area contributed by atoms with Crippen molar-refractivity contribution < 1.29 is 5.11 Å². The Morgan fingerprint density at radius 1 is 1.43 bits per heavy atom. The Morgan fingerprint density at radius 3 is 2.71 bits per heavy atom. The van der Waals surface area contributed by atoms with Crippen LogP contribution in [0.15, 0.2) is 0 Å². The Hall–Kier alpha value is -0.120. The molecule has 3 N–H and O–H groups in total. The highest BCUT2D eigenvalue weighted by atomic mass is 16.3. The van der Waals surface area contributed by atoms with Crippen LogP contribution in [0.1, 0.15) is 33.1 Å². The van der Waals surface area contributed by atoms with Crippen molar-refractivity contribution >= 4 is 0 Å². The first kappa shape index (κ1) is 12.0. The lowest BCUT2D eigenvalue weighted by atomic mass is 10.0. The van der Waals surface area contributed by atoms with Gasteiger partial charge in [-0.15, -0.1) is 0 Å². The van der Waals surface area contributed by atoms with Gasteiger partial charge in [0, 0.05) is 12.6 Å². The van der Waals surface area contributed by atoms with Crippen LogP contribution in [0, 0.1) is 5.92 Å². The largest absolute Gasteiger partial charge is 0.392 e. The van der Waals surface area contributed by atoms with E-state index in [0.717, 1.165) is 19.6 Å². The fraction of sp³-hybridized carbons (Fsp3) is 1.00. The molecule has 3 unspecified atom stereocenters. The van der Waals surface area contributed by atoms with Crippen molar-refractivity contribution in [2.45, 2.75) is 45.3 Å². The van der Waals surface area contributed by atoms with Crippen LogP contribution < -0.4 is 5.73 Å². The Morgan fingerprint density at radius 2 is 2.14 bits per heavy atom. The van der Waals surface area contributed by atoms with Gasteiger partial charge in [-0.05, 0) is 45.7 Å². The van der Waals surface area contributed by atoms with Gasteiger partial charge >= 0.3 is 0 Å². The first-order valence-electron chi connectivity index (χ1n) is 5.77. The van der Waals surface area contributed by atoms with E-state index in [9.17, 15) is 5.11 Å². The summed E-state index contributed by atoms with van der Waals surface area (Å²) in [7, 11) is 0. The van der Waals surface area contributed by atoms with Gasteiger partial charge in [-0.1, -0.05) is 6.42 Å². The van der Waals surface area contributed by atoms with Crippen molar-refractivity contribution in [2.24, 2.45) is 11.7 Å². The molecule has 0 aromatic carbocycles. The molecule has 1 heterocycles. The van der Waals surface area contributed by atoms with Crippen molar-refractivity contribution in [1.29, 1.82) is 0 Å². The predicted molar refractivity (Wildman–Crippen MR) is 59.1 cm³/mol. The molecule has 0 aromatic heterocycles. The molecule has 0 amide bonds. The zero-order chi connectivity index (χ0) is 10.6. The molecule has 1 fully saturated rings. The standard InChI is InChI=1S/C11H24N2O/c1-9(10(2)14)13-6-4-3-5-11(7-12)8-13/h9-11,14H,3-8,12H2,1-2H3. The van der Waals surface area contributed by atoms with E-state index >= 15 is 0 Å². The van der Waals surface area contributed by atoms with Crippen molar-refractivity contribution in [2.75, 3.05) is 19.6 Å². The number of hydrogen-bond donors (Lipinski definition) is 2. The van der Waals surface area contributed by atoms with Gasteiger partial charge in [-0.25, -0.2) is 0 Å². The number of likely N-dealkylation sites (tertiary alicyclic amines) is 1. The molecule has 84 valence electrons. The zero-order valence-corrected chi connectivity index (χ0v) is 9.45. The van der Waals surface area contributed by atoms with Gasteiger partial charge in [-0.2, -0.15) is 0 Å². The molecule has 14 heavy (non-hydrogen) atoms.